The summed E-state index contributed by atoms with van der Waals surface area (Å²) < 4.78 is 15.4. The molecule has 5 heterocycles. The molecule has 0 bridgehead atoms. The second-order valence-electron chi connectivity index (χ2n) is 9.25. The van der Waals surface area contributed by atoms with Crippen LogP contribution in [-0.4, -0.2) is 68.7 Å². The summed E-state index contributed by atoms with van der Waals surface area (Å²) in [5.74, 6) is 0.690. The summed E-state index contributed by atoms with van der Waals surface area (Å²) in [6, 6.07) is 9.93. The third-order valence-corrected chi connectivity index (χ3v) is 7.83. The van der Waals surface area contributed by atoms with Gasteiger partial charge in [0.25, 0.3) is 0 Å². The van der Waals surface area contributed by atoms with Crippen LogP contribution in [0.25, 0.3) is 27.5 Å². The second kappa shape index (κ2) is 10.4. The Morgan fingerprint density at radius 1 is 1.19 bits per heavy atom. The van der Waals surface area contributed by atoms with Crippen molar-refractivity contribution in [2.24, 2.45) is 0 Å². The van der Waals surface area contributed by atoms with Crippen molar-refractivity contribution in [2.75, 3.05) is 31.1 Å². The van der Waals surface area contributed by atoms with Crippen molar-refractivity contribution in [1.82, 2.24) is 24.5 Å². The minimum atomic E-state index is -0.864. The molecule has 1 aliphatic heterocycles. The van der Waals surface area contributed by atoms with E-state index < -0.39 is 6.17 Å². The van der Waals surface area contributed by atoms with E-state index in [0.717, 1.165) is 35.6 Å². The van der Waals surface area contributed by atoms with Crippen LogP contribution in [0.4, 0.5) is 10.2 Å². The van der Waals surface area contributed by atoms with Crippen LogP contribution in [0.1, 0.15) is 44.0 Å². The normalized spacial score (nSPS) is 15.0. The number of aromatic nitrogens is 4. The molecule has 0 N–H and O–H groups in total. The van der Waals surface area contributed by atoms with Crippen LogP contribution < -0.4 is 4.90 Å². The van der Waals surface area contributed by atoms with Gasteiger partial charge in [-0.2, -0.15) is 5.10 Å². The van der Waals surface area contributed by atoms with Gasteiger partial charge >= 0.3 is 0 Å². The molecule has 5 rings (SSSR count). The van der Waals surface area contributed by atoms with Gasteiger partial charge in [0.2, 0.25) is 0 Å². The first-order valence-corrected chi connectivity index (χ1v) is 13.4. The summed E-state index contributed by atoms with van der Waals surface area (Å²) in [4.78, 5) is 28.3. The van der Waals surface area contributed by atoms with Gasteiger partial charge in [-0.3, -0.25) is 4.79 Å². The minimum absolute atomic E-state index is 0.0694. The zero-order valence-corrected chi connectivity index (χ0v) is 21.7. The Kier molecular flexibility index (Phi) is 7.11. The number of Topliss-reactive ketones (excluding diaryl/α,β-unsaturated/α-hetero) is 1. The number of carbonyl (C=O) groups is 1. The SMILES string of the molecule is CCN(CC)[C@@H](C)CCC(=O)c1cc(-c2cnn3ccc(-c4cccs4)nc23)nc(N2CC(F)C2)c1. The number of rotatable bonds is 10. The number of carbonyl (C=O) groups excluding carboxylic acids is 1. The van der Waals surface area contributed by atoms with Crippen LogP contribution in [0.15, 0.2) is 48.1 Å². The standard InChI is InChI=1S/C27H31FN6OS/c1-4-32(5-2)18(3)8-9-24(35)19-13-23(30-26(14-19)33-16-20(28)17-33)21-15-29-34-11-10-22(31-27(21)34)25-7-6-12-36-25/h6-7,10-15,18,20H,4-5,8-9,16-17H2,1-3H3/t18-/m0/s1. The van der Waals surface area contributed by atoms with Gasteiger partial charge < -0.3 is 9.80 Å². The first kappa shape index (κ1) is 24.5. The van der Waals surface area contributed by atoms with E-state index in [2.05, 4.69) is 30.8 Å². The largest absolute Gasteiger partial charge is 0.351 e. The lowest BCUT2D eigenvalue weighted by atomic mass is 10.0. The van der Waals surface area contributed by atoms with E-state index in [9.17, 15) is 9.18 Å². The number of pyridine rings is 1. The maximum atomic E-state index is 13.7. The summed E-state index contributed by atoms with van der Waals surface area (Å²) in [5.41, 5.74) is 3.50. The summed E-state index contributed by atoms with van der Waals surface area (Å²) in [6.07, 6.45) is 3.98. The number of hydrogen-bond acceptors (Lipinski definition) is 7. The summed E-state index contributed by atoms with van der Waals surface area (Å²) in [5, 5.41) is 6.49. The third-order valence-electron chi connectivity index (χ3n) is 6.94. The number of thiophene rings is 1. The van der Waals surface area contributed by atoms with Gasteiger partial charge in [0.1, 0.15) is 12.0 Å². The summed E-state index contributed by atoms with van der Waals surface area (Å²) in [6.45, 7) is 8.96. The topological polar surface area (TPSA) is 66.6 Å². The molecule has 9 heteroatoms. The van der Waals surface area contributed by atoms with Crippen molar-refractivity contribution >= 4 is 28.6 Å². The van der Waals surface area contributed by atoms with E-state index in [0.29, 0.717) is 48.3 Å². The summed E-state index contributed by atoms with van der Waals surface area (Å²) in [7, 11) is 0. The molecule has 36 heavy (non-hydrogen) atoms. The molecule has 0 aliphatic carbocycles. The van der Waals surface area contributed by atoms with E-state index in [4.69, 9.17) is 9.97 Å². The van der Waals surface area contributed by atoms with E-state index in [1.165, 1.54) is 0 Å². The number of nitrogens with zero attached hydrogens (tertiary/aromatic N) is 6. The third kappa shape index (κ3) is 4.90. The predicted octanol–water partition coefficient (Wildman–Crippen LogP) is 5.37. The predicted molar refractivity (Wildman–Crippen MR) is 143 cm³/mol. The second-order valence-corrected chi connectivity index (χ2v) is 10.2. The number of ketones is 1. The average molecular weight is 507 g/mol. The quantitative estimate of drug-likeness (QED) is 0.269. The Morgan fingerprint density at radius 2 is 2.00 bits per heavy atom. The lowest BCUT2D eigenvalue weighted by Gasteiger charge is -2.35. The van der Waals surface area contributed by atoms with E-state index in [1.807, 2.05) is 40.7 Å². The van der Waals surface area contributed by atoms with Gasteiger partial charge in [0.05, 0.1) is 41.1 Å². The van der Waals surface area contributed by atoms with Crippen LogP contribution in [-0.2, 0) is 0 Å². The zero-order valence-electron chi connectivity index (χ0n) is 20.9. The molecular weight excluding hydrogens is 475 g/mol. The highest BCUT2D eigenvalue weighted by Gasteiger charge is 2.29. The zero-order chi connectivity index (χ0) is 25.2. The number of alkyl halides is 1. The number of halogens is 1. The van der Waals surface area contributed by atoms with Gasteiger partial charge in [-0.25, -0.2) is 18.9 Å². The monoisotopic (exact) mass is 506 g/mol. The molecule has 7 nitrogen and oxygen atoms in total. The smallest absolute Gasteiger partial charge is 0.165 e. The highest BCUT2D eigenvalue weighted by atomic mass is 32.1. The Morgan fingerprint density at radius 3 is 2.69 bits per heavy atom. The van der Waals surface area contributed by atoms with Crippen molar-refractivity contribution in [3.63, 3.8) is 0 Å². The van der Waals surface area contributed by atoms with Gasteiger partial charge in [-0.1, -0.05) is 19.9 Å². The fraction of sp³-hybridized carbons (Fsp3) is 0.407. The lowest BCUT2D eigenvalue weighted by molar-refractivity contribution is 0.0964. The Hall–Kier alpha value is -3.17. The van der Waals surface area contributed by atoms with Crippen molar-refractivity contribution in [3.8, 4) is 21.8 Å². The van der Waals surface area contributed by atoms with E-state index in [-0.39, 0.29) is 5.78 Å². The van der Waals surface area contributed by atoms with Crippen molar-refractivity contribution < 1.29 is 9.18 Å². The molecule has 4 aromatic heterocycles. The van der Waals surface area contributed by atoms with Crippen LogP contribution in [0, 0.1) is 0 Å². The Labute approximate surface area is 214 Å². The van der Waals surface area contributed by atoms with Gasteiger partial charge in [0, 0.05) is 24.2 Å². The maximum Gasteiger partial charge on any atom is 0.165 e. The van der Waals surface area contributed by atoms with Crippen LogP contribution in [0.2, 0.25) is 0 Å². The fourth-order valence-corrected chi connectivity index (χ4v) is 5.41. The van der Waals surface area contributed by atoms with Crippen LogP contribution in [0.5, 0.6) is 0 Å². The molecule has 0 spiro atoms. The van der Waals surface area contributed by atoms with Crippen molar-refractivity contribution in [2.45, 2.75) is 45.8 Å². The molecule has 1 atom stereocenters. The first-order chi connectivity index (χ1) is 17.5. The molecule has 1 aliphatic rings. The minimum Gasteiger partial charge on any atom is -0.351 e. The van der Waals surface area contributed by atoms with Crippen LogP contribution in [0.3, 0.4) is 0 Å². The molecule has 4 aromatic rings. The molecule has 0 radical (unpaired) electrons. The van der Waals surface area contributed by atoms with E-state index in [1.54, 1.807) is 28.1 Å². The fourth-order valence-electron chi connectivity index (χ4n) is 4.71. The molecule has 0 aromatic carbocycles. The summed E-state index contributed by atoms with van der Waals surface area (Å²) >= 11 is 1.63. The lowest BCUT2D eigenvalue weighted by Crippen LogP contribution is -2.48. The maximum absolute atomic E-state index is 13.7. The molecule has 1 saturated heterocycles. The van der Waals surface area contributed by atoms with Gasteiger partial charge in [-0.05, 0) is 56.1 Å². The average Bonchev–Trinajstić information content (AvgIpc) is 3.56. The molecular formula is C27H31FN6OS. The molecule has 0 amide bonds. The highest BCUT2D eigenvalue weighted by Crippen LogP contribution is 2.31. The molecule has 1 fully saturated rings. The highest BCUT2D eigenvalue weighted by molar-refractivity contribution is 7.13. The Bertz CT molecular complexity index is 1340. The van der Waals surface area contributed by atoms with Crippen LogP contribution >= 0.6 is 11.3 Å². The first-order valence-electron chi connectivity index (χ1n) is 12.5. The molecule has 188 valence electrons. The molecule has 0 unspecified atom stereocenters. The number of fused-ring (bicyclic) bond motifs is 1. The number of hydrogen-bond donors (Lipinski definition) is 0. The van der Waals surface area contributed by atoms with E-state index >= 15 is 0 Å². The molecule has 0 saturated carbocycles. The van der Waals surface area contributed by atoms with Gasteiger partial charge in [0.15, 0.2) is 11.4 Å². The van der Waals surface area contributed by atoms with Crippen molar-refractivity contribution in [3.05, 3.63) is 53.7 Å². The number of anilines is 1. The van der Waals surface area contributed by atoms with Gasteiger partial charge in [-0.15, -0.1) is 11.3 Å². The van der Waals surface area contributed by atoms with Crippen molar-refractivity contribution in [1.29, 1.82) is 0 Å². The Balaban J connectivity index is 1.49.